The number of morpholine rings is 1. The average molecular weight is 495 g/mol. The van der Waals surface area contributed by atoms with Crippen LogP contribution in [0.25, 0.3) is 21.9 Å². The Labute approximate surface area is 206 Å². The van der Waals surface area contributed by atoms with Crippen LogP contribution in [0.3, 0.4) is 0 Å². The number of fused-ring (bicyclic) bond motifs is 4. The fraction of sp³-hybridized carbons (Fsp3) is 0.400. The van der Waals surface area contributed by atoms with E-state index in [-0.39, 0.29) is 29.7 Å². The summed E-state index contributed by atoms with van der Waals surface area (Å²) >= 11 is 0. The minimum Gasteiger partial charge on any atom is -0.474 e. The summed E-state index contributed by atoms with van der Waals surface area (Å²) in [6, 6.07) is 3.72. The number of benzene rings is 1. The number of halogens is 1. The smallest absolute Gasteiger partial charge is 0.413 e. The van der Waals surface area contributed by atoms with Gasteiger partial charge in [0.05, 0.1) is 18.9 Å². The minimum absolute atomic E-state index is 0.0195. The van der Waals surface area contributed by atoms with Gasteiger partial charge in [0.15, 0.2) is 5.82 Å². The van der Waals surface area contributed by atoms with Crippen LogP contribution >= 0.6 is 0 Å². The number of nitrogens with one attached hydrogen (secondary N) is 3. The summed E-state index contributed by atoms with van der Waals surface area (Å²) in [6.07, 6.45) is 3.65. The molecule has 10 nitrogen and oxygen atoms in total. The van der Waals surface area contributed by atoms with Gasteiger partial charge in [0, 0.05) is 60.4 Å². The van der Waals surface area contributed by atoms with Gasteiger partial charge in [-0.15, -0.1) is 0 Å². The summed E-state index contributed by atoms with van der Waals surface area (Å²) < 4.78 is 32.1. The van der Waals surface area contributed by atoms with E-state index in [0.717, 1.165) is 11.3 Å². The van der Waals surface area contributed by atoms with Crippen molar-refractivity contribution in [3.8, 4) is 17.0 Å². The molecule has 3 aliphatic rings. The van der Waals surface area contributed by atoms with Crippen molar-refractivity contribution in [3.63, 3.8) is 0 Å². The van der Waals surface area contributed by atoms with Crippen LogP contribution in [0.1, 0.15) is 18.4 Å². The van der Waals surface area contributed by atoms with Crippen LogP contribution in [0.4, 0.5) is 26.4 Å². The third-order valence-electron chi connectivity index (χ3n) is 6.94. The number of aromatic nitrogens is 2. The van der Waals surface area contributed by atoms with Crippen LogP contribution < -0.4 is 26.4 Å². The molecule has 2 bridgehead atoms. The van der Waals surface area contributed by atoms with Crippen LogP contribution in [-0.4, -0.2) is 60.6 Å². The zero-order chi connectivity index (χ0) is 24.8. The van der Waals surface area contributed by atoms with Crippen molar-refractivity contribution in [2.75, 3.05) is 42.7 Å². The van der Waals surface area contributed by atoms with Gasteiger partial charge in [-0.1, -0.05) is 0 Å². The van der Waals surface area contributed by atoms with Gasteiger partial charge in [-0.05, 0) is 30.0 Å². The zero-order valence-electron chi connectivity index (χ0n) is 19.8. The van der Waals surface area contributed by atoms with Crippen molar-refractivity contribution in [1.82, 2.24) is 15.3 Å². The Hall–Kier alpha value is -3.70. The van der Waals surface area contributed by atoms with Gasteiger partial charge in [0.1, 0.15) is 24.2 Å². The van der Waals surface area contributed by atoms with Gasteiger partial charge in [0.2, 0.25) is 5.88 Å². The van der Waals surface area contributed by atoms with E-state index in [0.29, 0.717) is 67.0 Å². The first-order chi connectivity index (χ1) is 17.5. The van der Waals surface area contributed by atoms with Gasteiger partial charge in [0.25, 0.3) is 0 Å². The number of pyridine rings is 2. The topological polar surface area (TPSA) is 133 Å². The molecule has 0 saturated carbocycles. The number of ether oxygens (including phenoxy) is 3. The molecule has 3 aromatic rings. The standard InChI is InChI=1S/C25H27FN6O4/c1-12-18(8-30-24-23(12)28-2-3-35-24)17-4-13-5-20(29-9-19(13)22(27)21(17)26)32-25(33)36-16-6-14-10-34-11-15(7-16)31-14/h4-5,8-9,14-16,28,31H,2-3,6-7,10-11,27H2,1H3,(H,29,32,33). The second-order valence-electron chi connectivity index (χ2n) is 9.42. The van der Waals surface area contributed by atoms with Crippen LogP contribution in [0.5, 0.6) is 5.88 Å². The summed E-state index contributed by atoms with van der Waals surface area (Å²) in [5, 5.41) is 10.5. The molecule has 2 fully saturated rings. The fourth-order valence-corrected chi connectivity index (χ4v) is 5.22. The summed E-state index contributed by atoms with van der Waals surface area (Å²) in [4.78, 5) is 21.2. The number of anilines is 3. The van der Waals surface area contributed by atoms with Crippen molar-refractivity contribution in [2.24, 2.45) is 0 Å². The zero-order valence-corrected chi connectivity index (χ0v) is 19.8. The molecule has 5 N–H and O–H groups in total. The predicted octanol–water partition coefficient (Wildman–Crippen LogP) is 3.20. The monoisotopic (exact) mass is 494 g/mol. The molecule has 0 spiro atoms. The molecule has 5 heterocycles. The Morgan fingerprint density at radius 1 is 1.19 bits per heavy atom. The second kappa shape index (κ2) is 9.07. The molecule has 188 valence electrons. The molecule has 2 atom stereocenters. The van der Waals surface area contributed by atoms with E-state index in [1.54, 1.807) is 18.3 Å². The Kier molecular flexibility index (Phi) is 5.73. The number of hydrogen-bond donors (Lipinski definition) is 4. The summed E-state index contributed by atoms with van der Waals surface area (Å²) in [5.41, 5.74) is 8.60. The number of amides is 1. The van der Waals surface area contributed by atoms with Crippen LogP contribution in [0.2, 0.25) is 0 Å². The molecular weight excluding hydrogens is 467 g/mol. The van der Waals surface area contributed by atoms with E-state index < -0.39 is 11.9 Å². The quantitative estimate of drug-likeness (QED) is 0.405. The first kappa shape index (κ1) is 22.7. The van der Waals surface area contributed by atoms with Crippen LogP contribution in [0.15, 0.2) is 24.5 Å². The van der Waals surface area contributed by atoms with Gasteiger partial charge < -0.3 is 30.6 Å². The predicted molar refractivity (Wildman–Crippen MR) is 133 cm³/mol. The molecule has 3 aliphatic heterocycles. The molecule has 0 radical (unpaired) electrons. The molecule has 6 rings (SSSR count). The van der Waals surface area contributed by atoms with Crippen molar-refractivity contribution < 1.29 is 23.4 Å². The van der Waals surface area contributed by atoms with E-state index in [1.165, 1.54) is 6.20 Å². The third-order valence-corrected chi connectivity index (χ3v) is 6.94. The number of carbonyl (C=O) groups excluding carboxylic acids is 1. The highest BCUT2D eigenvalue weighted by Crippen LogP contribution is 2.39. The normalized spacial score (nSPS) is 22.8. The molecule has 11 heteroatoms. The number of rotatable bonds is 3. The van der Waals surface area contributed by atoms with E-state index in [2.05, 4.69) is 25.9 Å². The summed E-state index contributed by atoms with van der Waals surface area (Å²) in [6.45, 7) is 4.28. The lowest BCUT2D eigenvalue weighted by atomic mass is 9.95. The lowest BCUT2D eigenvalue weighted by Crippen LogP contribution is -2.56. The van der Waals surface area contributed by atoms with Crippen molar-refractivity contribution >= 4 is 34.1 Å². The van der Waals surface area contributed by atoms with Gasteiger partial charge in [-0.25, -0.2) is 19.2 Å². The lowest BCUT2D eigenvalue weighted by Gasteiger charge is -2.39. The van der Waals surface area contributed by atoms with Crippen molar-refractivity contribution in [2.45, 2.75) is 38.0 Å². The molecule has 36 heavy (non-hydrogen) atoms. The van der Waals surface area contributed by atoms with Crippen LogP contribution in [0, 0.1) is 12.7 Å². The summed E-state index contributed by atoms with van der Waals surface area (Å²) in [7, 11) is 0. The maximum atomic E-state index is 15.4. The highest BCUT2D eigenvalue weighted by molar-refractivity contribution is 5.99. The fourth-order valence-electron chi connectivity index (χ4n) is 5.22. The van der Waals surface area contributed by atoms with Crippen molar-refractivity contribution in [1.29, 1.82) is 0 Å². The largest absolute Gasteiger partial charge is 0.474 e. The first-order valence-corrected chi connectivity index (χ1v) is 12.0. The lowest BCUT2D eigenvalue weighted by molar-refractivity contribution is -0.0228. The van der Waals surface area contributed by atoms with Crippen LogP contribution in [-0.2, 0) is 9.47 Å². The number of piperidine rings is 1. The molecule has 2 aromatic heterocycles. The molecule has 0 aliphatic carbocycles. The number of nitrogens with zero attached hydrogens (tertiary/aromatic N) is 2. The molecule has 2 saturated heterocycles. The highest BCUT2D eigenvalue weighted by Gasteiger charge is 2.34. The highest BCUT2D eigenvalue weighted by atomic mass is 19.1. The van der Waals surface area contributed by atoms with E-state index in [1.807, 2.05) is 6.92 Å². The number of nitrogens with two attached hydrogens (primary N) is 1. The Morgan fingerprint density at radius 3 is 2.81 bits per heavy atom. The maximum Gasteiger partial charge on any atom is 0.413 e. The number of hydrogen-bond acceptors (Lipinski definition) is 9. The Morgan fingerprint density at radius 2 is 2.00 bits per heavy atom. The third kappa shape index (κ3) is 4.14. The number of nitrogen functional groups attached to an aromatic ring is 1. The average Bonchev–Trinajstić information content (AvgIpc) is 2.86. The first-order valence-electron chi connectivity index (χ1n) is 12.0. The Balaban J connectivity index is 1.26. The molecular formula is C25H27FN6O4. The molecule has 1 amide bonds. The Bertz CT molecular complexity index is 1340. The molecule has 2 unspecified atom stereocenters. The second-order valence-corrected chi connectivity index (χ2v) is 9.42. The SMILES string of the molecule is Cc1c(-c2cc3cc(NC(=O)OC4CC5COCC(C4)N5)ncc3c(N)c2F)cnc2c1NCCO2. The van der Waals surface area contributed by atoms with Crippen molar-refractivity contribution in [3.05, 3.63) is 35.9 Å². The van der Waals surface area contributed by atoms with Gasteiger partial charge in [-0.2, -0.15) is 0 Å². The molecule has 1 aromatic carbocycles. The summed E-state index contributed by atoms with van der Waals surface area (Å²) in [5.74, 6) is 0.236. The number of carbonyl (C=O) groups is 1. The van der Waals surface area contributed by atoms with E-state index in [4.69, 9.17) is 19.9 Å². The maximum absolute atomic E-state index is 15.4. The minimum atomic E-state index is -0.580. The van der Waals surface area contributed by atoms with Gasteiger partial charge >= 0.3 is 6.09 Å². The van der Waals surface area contributed by atoms with E-state index >= 15 is 4.39 Å². The van der Waals surface area contributed by atoms with E-state index in [9.17, 15) is 4.79 Å². The van der Waals surface area contributed by atoms with Gasteiger partial charge in [-0.3, -0.25) is 5.32 Å².